The molecule has 1 rings (SSSR count). The van der Waals surface area contributed by atoms with Crippen LogP contribution in [0.1, 0.15) is 32.6 Å². The van der Waals surface area contributed by atoms with Crippen LogP contribution in [0.4, 0.5) is 0 Å². The Balaban J connectivity index is 2.66. The van der Waals surface area contributed by atoms with E-state index in [4.69, 9.17) is 0 Å². The van der Waals surface area contributed by atoms with Crippen molar-refractivity contribution in [2.24, 2.45) is 5.92 Å². The Hall–Kier alpha value is -0.990. The highest BCUT2D eigenvalue weighted by Crippen LogP contribution is 2.20. The highest BCUT2D eigenvalue weighted by atomic mass is 16.2. The summed E-state index contributed by atoms with van der Waals surface area (Å²) in [6.45, 7) is 1.86. The van der Waals surface area contributed by atoms with Crippen molar-refractivity contribution in [3.8, 4) is 0 Å². The van der Waals surface area contributed by atoms with E-state index in [0.717, 1.165) is 0 Å². The summed E-state index contributed by atoms with van der Waals surface area (Å²) in [5.41, 5.74) is 0. The zero-order valence-electron chi connectivity index (χ0n) is 7.13. The lowest BCUT2D eigenvalue weighted by Gasteiger charge is -2.02. The quantitative estimate of drug-likeness (QED) is 0.588. The van der Waals surface area contributed by atoms with E-state index in [0.29, 0.717) is 12.8 Å². The molecule has 1 fully saturated rings. The molecule has 0 unspecified atom stereocenters. The van der Waals surface area contributed by atoms with Gasteiger partial charge in [0.15, 0.2) is 17.3 Å². The second-order valence-electron chi connectivity index (χ2n) is 3.08. The lowest BCUT2D eigenvalue weighted by molar-refractivity contribution is -0.136. The Kier molecular flexibility index (Phi) is 2.74. The Labute approximate surface area is 71.1 Å². The third-order valence-corrected chi connectivity index (χ3v) is 2.08. The van der Waals surface area contributed by atoms with E-state index in [-0.39, 0.29) is 30.2 Å². The van der Waals surface area contributed by atoms with Crippen LogP contribution in [-0.2, 0) is 14.4 Å². The van der Waals surface area contributed by atoms with Crippen molar-refractivity contribution in [3.63, 3.8) is 0 Å². The standard InChI is InChI=1S/C9H12O3/c1-2-3-6(10)9-7(11)4-5-8(9)12/h9H,2-5H2,1H3. The fourth-order valence-electron chi connectivity index (χ4n) is 1.46. The molecule has 0 aromatic rings. The van der Waals surface area contributed by atoms with Crippen molar-refractivity contribution in [1.29, 1.82) is 0 Å². The summed E-state index contributed by atoms with van der Waals surface area (Å²) < 4.78 is 0. The highest BCUT2D eigenvalue weighted by molar-refractivity contribution is 6.23. The van der Waals surface area contributed by atoms with Gasteiger partial charge >= 0.3 is 0 Å². The molecule has 0 spiro atoms. The smallest absolute Gasteiger partial charge is 0.151 e. The van der Waals surface area contributed by atoms with E-state index in [1.54, 1.807) is 0 Å². The largest absolute Gasteiger partial charge is 0.298 e. The van der Waals surface area contributed by atoms with Gasteiger partial charge in [0.1, 0.15) is 5.92 Å². The first-order valence-corrected chi connectivity index (χ1v) is 4.25. The summed E-state index contributed by atoms with van der Waals surface area (Å²) in [5, 5.41) is 0. The number of ketones is 3. The normalized spacial score (nSPS) is 18.8. The van der Waals surface area contributed by atoms with Crippen LogP contribution in [0.25, 0.3) is 0 Å². The molecule has 3 nitrogen and oxygen atoms in total. The van der Waals surface area contributed by atoms with Gasteiger partial charge in [0.2, 0.25) is 0 Å². The maximum Gasteiger partial charge on any atom is 0.151 e. The summed E-state index contributed by atoms with van der Waals surface area (Å²) >= 11 is 0. The predicted molar refractivity (Wildman–Crippen MR) is 42.7 cm³/mol. The van der Waals surface area contributed by atoms with Crippen molar-refractivity contribution in [2.45, 2.75) is 32.6 Å². The first-order chi connectivity index (χ1) is 5.66. The van der Waals surface area contributed by atoms with Gasteiger partial charge in [0.05, 0.1) is 0 Å². The number of rotatable bonds is 3. The van der Waals surface area contributed by atoms with Crippen molar-refractivity contribution in [2.75, 3.05) is 0 Å². The summed E-state index contributed by atoms with van der Waals surface area (Å²) in [7, 11) is 0. The lowest BCUT2D eigenvalue weighted by Crippen LogP contribution is -2.24. The monoisotopic (exact) mass is 168 g/mol. The second kappa shape index (κ2) is 3.61. The molecular formula is C9H12O3. The van der Waals surface area contributed by atoms with Crippen molar-refractivity contribution >= 4 is 17.3 Å². The van der Waals surface area contributed by atoms with Crippen molar-refractivity contribution in [3.05, 3.63) is 0 Å². The number of Topliss-reactive ketones (excluding diaryl/α,β-unsaturated/α-hetero) is 3. The average Bonchev–Trinajstić information content (AvgIpc) is 2.32. The molecule has 66 valence electrons. The van der Waals surface area contributed by atoms with Crippen LogP contribution in [-0.4, -0.2) is 17.3 Å². The van der Waals surface area contributed by atoms with E-state index >= 15 is 0 Å². The fraction of sp³-hybridized carbons (Fsp3) is 0.667. The topological polar surface area (TPSA) is 51.2 Å². The van der Waals surface area contributed by atoms with Gasteiger partial charge in [0, 0.05) is 19.3 Å². The molecule has 0 heterocycles. The number of hydrogen-bond acceptors (Lipinski definition) is 3. The molecule has 0 atom stereocenters. The molecule has 1 aliphatic rings. The summed E-state index contributed by atoms with van der Waals surface area (Å²) in [4.78, 5) is 33.3. The maximum atomic E-state index is 11.2. The van der Waals surface area contributed by atoms with Crippen LogP contribution in [0.5, 0.6) is 0 Å². The van der Waals surface area contributed by atoms with Gasteiger partial charge in [-0.3, -0.25) is 14.4 Å². The first-order valence-electron chi connectivity index (χ1n) is 4.25. The van der Waals surface area contributed by atoms with E-state index in [9.17, 15) is 14.4 Å². The molecule has 3 heteroatoms. The Morgan fingerprint density at radius 1 is 1.33 bits per heavy atom. The minimum atomic E-state index is -0.898. The van der Waals surface area contributed by atoms with Gasteiger partial charge in [0.25, 0.3) is 0 Å². The number of hydrogen-bond donors (Lipinski definition) is 0. The van der Waals surface area contributed by atoms with Gasteiger partial charge in [-0.05, 0) is 6.42 Å². The van der Waals surface area contributed by atoms with Crippen LogP contribution < -0.4 is 0 Å². The Bertz CT molecular complexity index is 214. The molecule has 0 bridgehead atoms. The van der Waals surface area contributed by atoms with Gasteiger partial charge in [-0.1, -0.05) is 6.92 Å². The first kappa shape index (κ1) is 9.10. The third-order valence-electron chi connectivity index (χ3n) is 2.08. The average molecular weight is 168 g/mol. The van der Waals surface area contributed by atoms with Gasteiger partial charge in [-0.2, -0.15) is 0 Å². The highest BCUT2D eigenvalue weighted by Gasteiger charge is 2.37. The maximum absolute atomic E-state index is 11.2. The van der Waals surface area contributed by atoms with Crippen molar-refractivity contribution in [1.82, 2.24) is 0 Å². The molecule has 0 N–H and O–H groups in total. The molecule has 1 saturated carbocycles. The minimum Gasteiger partial charge on any atom is -0.298 e. The molecule has 0 aliphatic heterocycles. The fourth-order valence-corrected chi connectivity index (χ4v) is 1.46. The second-order valence-corrected chi connectivity index (χ2v) is 3.08. The Morgan fingerprint density at radius 3 is 2.25 bits per heavy atom. The number of carbonyl (C=O) groups excluding carboxylic acids is 3. The minimum absolute atomic E-state index is 0.182. The molecule has 0 aromatic carbocycles. The molecule has 1 aliphatic carbocycles. The summed E-state index contributed by atoms with van der Waals surface area (Å²) in [6.07, 6.45) is 1.58. The zero-order chi connectivity index (χ0) is 9.14. The molecular weight excluding hydrogens is 156 g/mol. The third kappa shape index (κ3) is 1.60. The predicted octanol–water partition coefficient (Wildman–Crippen LogP) is 0.904. The van der Waals surface area contributed by atoms with E-state index in [1.165, 1.54) is 0 Å². The van der Waals surface area contributed by atoms with Crippen LogP contribution in [0.15, 0.2) is 0 Å². The van der Waals surface area contributed by atoms with Gasteiger partial charge in [-0.25, -0.2) is 0 Å². The van der Waals surface area contributed by atoms with Crippen LogP contribution in [0.2, 0.25) is 0 Å². The van der Waals surface area contributed by atoms with Crippen molar-refractivity contribution < 1.29 is 14.4 Å². The van der Waals surface area contributed by atoms with E-state index in [1.807, 2.05) is 6.92 Å². The zero-order valence-corrected chi connectivity index (χ0v) is 7.13. The van der Waals surface area contributed by atoms with Gasteiger partial charge < -0.3 is 0 Å². The molecule has 0 aromatic heterocycles. The lowest BCUT2D eigenvalue weighted by atomic mass is 9.97. The Morgan fingerprint density at radius 2 is 1.83 bits per heavy atom. The summed E-state index contributed by atoms with van der Waals surface area (Å²) in [6, 6.07) is 0. The molecule has 12 heavy (non-hydrogen) atoms. The van der Waals surface area contributed by atoms with E-state index in [2.05, 4.69) is 0 Å². The molecule has 0 saturated heterocycles. The van der Waals surface area contributed by atoms with Crippen LogP contribution >= 0.6 is 0 Å². The van der Waals surface area contributed by atoms with Crippen LogP contribution in [0, 0.1) is 5.92 Å². The molecule has 0 amide bonds. The SMILES string of the molecule is CCCC(=O)C1C(=O)CCC1=O. The van der Waals surface area contributed by atoms with Crippen LogP contribution in [0.3, 0.4) is 0 Å². The van der Waals surface area contributed by atoms with E-state index < -0.39 is 5.92 Å². The molecule has 0 radical (unpaired) electrons. The summed E-state index contributed by atoms with van der Waals surface area (Å²) in [5.74, 6) is -1.45. The van der Waals surface area contributed by atoms with Gasteiger partial charge in [-0.15, -0.1) is 0 Å². The number of carbonyl (C=O) groups is 3.